The molecule has 4 heteroatoms. The summed E-state index contributed by atoms with van der Waals surface area (Å²) >= 11 is 0. The minimum Gasteiger partial charge on any atom is -0.481 e. The Morgan fingerprint density at radius 1 is 1.64 bits per heavy atom. The molecule has 0 amide bonds. The molecule has 0 aliphatic carbocycles. The van der Waals surface area contributed by atoms with Crippen molar-refractivity contribution < 1.29 is 4.74 Å². The van der Waals surface area contributed by atoms with Gasteiger partial charge in [0.25, 0.3) is 0 Å². The van der Waals surface area contributed by atoms with Crippen molar-refractivity contribution in [3.63, 3.8) is 0 Å². The fourth-order valence-corrected chi connectivity index (χ4v) is 0.700. The lowest BCUT2D eigenvalue weighted by atomic mass is 10.3. The van der Waals surface area contributed by atoms with E-state index in [2.05, 4.69) is 10.2 Å². The Kier molecular flexibility index (Phi) is 2.54. The highest BCUT2D eigenvalue weighted by atomic mass is 16.5. The summed E-state index contributed by atoms with van der Waals surface area (Å²) in [6.45, 7) is 0.164. The summed E-state index contributed by atoms with van der Waals surface area (Å²) in [4.78, 5) is 13.7. The number of pyridine rings is 1. The van der Waals surface area contributed by atoms with Gasteiger partial charge in [-0.25, -0.2) is 4.98 Å². The zero-order chi connectivity index (χ0) is 8.10. The molecule has 0 aromatic carbocycles. The van der Waals surface area contributed by atoms with Crippen LogP contribution in [0, 0.1) is 4.91 Å². The highest BCUT2D eigenvalue weighted by Gasteiger charge is 1.93. The molecule has 4 nitrogen and oxygen atoms in total. The first-order valence-electron chi connectivity index (χ1n) is 3.15. The molecule has 1 heterocycles. The Labute approximate surface area is 64.2 Å². The van der Waals surface area contributed by atoms with Crippen molar-refractivity contribution in [1.29, 1.82) is 0 Å². The Hall–Kier alpha value is -1.45. The van der Waals surface area contributed by atoms with Gasteiger partial charge in [0.1, 0.15) is 6.54 Å². The lowest BCUT2D eigenvalue weighted by Gasteiger charge is -1.97. The number of hydrogen-bond donors (Lipinski definition) is 0. The van der Waals surface area contributed by atoms with Gasteiger partial charge in [-0.15, -0.1) is 0 Å². The molecule has 0 fully saturated rings. The summed E-state index contributed by atoms with van der Waals surface area (Å²) in [7, 11) is 1.54. The molecule has 0 aliphatic heterocycles. The number of nitrogens with zero attached hydrogens (tertiary/aromatic N) is 2. The number of hydrogen-bond acceptors (Lipinski definition) is 4. The van der Waals surface area contributed by atoms with Crippen LogP contribution in [0.4, 0.5) is 0 Å². The zero-order valence-corrected chi connectivity index (χ0v) is 6.15. The van der Waals surface area contributed by atoms with E-state index in [-0.39, 0.29) is 6.54 Å². The van der Waals surface area contributed by atoms with Crippen molar-refractivity contribution in [3.05, 3.63) is 28.8 Å². The molecule has 11 heavy (non-hydrogen) atoms. The molecular weight excluding hydrogens is 144 g/mol. The van der Waals surface area contributed by atoms with Gasteiger partial charge < -0.3 is 4.74 Å². The quantitative estimate of drug-likeness (QED) is 0.614. The van der Waals surface area contributed by atoms with Gasteiger partial charge in [-0.3, -0.25) is 0 Å². The van der Waals surface area contributed by atoms with Gasteiger partial charge >= 0.3 is 0 Å². The third-order valence-electron chi connectivity index (χ3n) is 1.25. The molecule has 0 aliphatic rings. The molecule has 1 aromatic rings. The van der Waals surface area contributed by atoms with Gasteiger partial charge in [-0.05, 0) is 5.56 Å². The Bertz CT molecular complexity index is 233. The first kappa shape index (κ1) is 7.65. The normalized spacial score (nSPS) is 9.18. The minimum atomic E-state index is 0.164. The van der Waals surface area contributed by atoms with Gasteiger partial charge in [-0.2, -0.15) is 4.91 Å². The maximum absolute atomic E-state index is 9.82. The monoisotopic (exact) mass is 152 g/mol. The lowest BCUT2D eigenvalue weighted by Crippen LogP contribution is -1.88. The number of nitroso groups, excluding NO2 is 1. The van der Waals surface area contributed by atoms with E-state index >= 15 is 0 Å². The van der Waals surface area contributed by atoms with Crippen LogP contribution in [0.15, 0.2) is 23.5 Å². The molecule has 0 saturated carbocycles. The van der Waals surface area contributed by atoms with Crippen LogP contribution < -0.4 is 4.74 Å². The van der Waals surface area contributed by atoms with Crippen LogP contribution in [-0.4, -0.2) is 12.1 Å². The second-order valence-corrected chi connectivity index (χ2v) is 2.00. The standard InChI is InChI=1S/C7H8N2O2/c1-11-7-3-2-6(4-8-7)5-9-10/h2-4H,5H2,1H3. The summed E-state index contributed by atoms with van der Waals surface area (Å²) in [5.41, 5.74) is 0.792. The number of ether oxygens (including phenoxy) is 1. The van der Waals surface area contributed by atoms with E-state index in [1.54, 1.807) is 25.4 Å². The molecule has 1 rings (SSSR count). The van der Waals surface area contributed by atoms with Crippen LogP contribution in [0.5, 0.6) is 5.88 Å². The fourth-order valence-electron chi connectivity index (χ4n) is 0.700. The molecule has 1 aromatic heterocycles. The molecule has 0 N–H and O–H groups in total. The maximum atomic E-state index is 9.82. The molecule has 0 radical (unpaired) electrons. The van der Waals surface area contributed by atoms with Crippen molar-refractivity contribution in [2.75, 3.05) is 7.11 Å². The minimum absolute atomic E-state index is 0.164. The molecule has 0 unspecified atom stereocenters. The van der Waals surface area contributed by atoms with E-state index in [9.17, 15) is 4.91 Å². The molecule has 58 valence electrons. The SMILES string of the molecule is COc1ccc(CN=O)cn1. The van der Waals surface area contributed by atoms with E-state index in [0.717, 1.165) is 5.56 Å². The predicted molar refractivity (Wildman–Crippen MR) is 40.3 cm³/mol. The van der Waals surface area contributed by atoms with Crippen LogP contribution >= 0.6 is 0 Å². The predicted octanol–water partition coefficient (Wildman–Crippen LogP) is 1.36. The summed E-state index contributed by atoms with van der Waals surface area (Å²) in [5, 5.41) is 2.73. The third kappa shape index (κ3) is 2.00. The smallest absolute Gasteiger partial charge is 0.212 e. The van der Waals surface area contributed by atoms with Gasteiger partial charge in [0.2, 0.25) is 5.88 Å². The zero-order valence-electron chi connectivity index (χ0n) is 6.15. The van der Waals surface area contributed by atoms with E-state index in [1.807, 2.05) is 0 Å². The Morgan fingerprint density at radius 2 is 2.45 bits per heavy atom. The van der Waals surface area contributed by atoms with Crippen LogP contribution in [0.2, 0.25) is 0 Å². The van der Waals surface area contributed by atoms with E-state index in [1.165, 1.54) is 0 Å². The van der Waals surface area contributed by atoms with Crippen LogP contribution in [0.1, 0.15) is 5.56 Å². The van der Waals surface area contributed by atoms with Crippen molar-refractivity contribution in [2.24, 2.45) is 5.18 Å². The second-order valence-electron chi connectivity index (χ2n) is 2.00. The van der Waals surface area contributed by atoms with Gasteiger partial charge in [0, 0.05) is 12.3 Å². The number of rotatable bonds is 3. The van der Waals surface area contributed by atoms with E-state index < -0.39 is 0 Å². The summed E-state index contributed by atoms with van der Waals surface area (Å²) < 4.78 is 4.83. The fraction of sp³-hybridized carbons (Fsp3) is 0.286. The molecule has 0 atom stereocenters. The molecule has 0 saturated heterocycles. The van der Waals surface area contributed by atoms with Crippen molar-refractivity contribution in [1.82, 2.24) is 4.98 Å². The topological polar surface area (TPSA) is 51.5 Å². The molecular formula is C7H8N2O2. The van der Waals surface area contributed by atoms with Crippen molar-refractivity contribution >= 4 is 0 Å². The van der Waals surface area contributed by atoms with E-state index in [0.29, 0.717) is 5.88 Å². The van der Waals surface area contributed by atoms with Crippen molar-refractivity contribution in [2.45, 2.75) is 6.54 Å². The highest BCUT2D eigenvalue weighted by molar-refractivity contribution is 5.17. The highest BCUT2D eigenvalue weighted by Crippen LogP contribution is 2.06. The third-order valence-corrected chi connectivity index (χ3v) is 1.25. The van der Waals surface area contributed by atoms with Gasteiger partial charge in [0.15, 0.2) is 0 Å². The molecule has 0 spiro atoms. The van der Waals surface area contributed by atoms with Gasteiger partial charge in [-0.1, -0.05) is 11.2 Å². The Morgan fingerprint density at radius 3 is 2.91 bits per heavy atom. The summed E-state index contributed by atoms with van der Waals surface area (Å²) in [5.74, 6) is 0.541. The maximum Gasteiger partial charge on any atom is 0.212 e. The molecule has 0 bridgehead atoms. The number of aromatic nitrogens is 1. The van der Waals surface area contributed by atoms with E-state index in [4.69, 9.17) is 4.74 Å². The van der Waals surface area contributed by atoms with Crippen LogP contribution in [0.25, 0.3) is 0 Å². The largest absolute Gasteiger partial charge is 0.481 e. The average molecular weight is 152 g/mol. The second kappa shape index (κ2) is 3.65. The van der Waals surface area contributed by atoms with Crippen LogP contribution in [-0.2, 0) is 6.54 Å². The Balaban J connectivity index is 2.74. The van der Waals surface area contributed by atoms with Crippen LogP contribution in [0.3, 0.4) is 0 Å². The summed E-state index contributed by atoms with van der Waals surface area (Å²) in [6, 6.07) is 3.45. The summed E-state index contributed by atoms with van der Waals surface area (Å²) in [6.07, 6.45) is 1.57. The average Bonchev–Trinajstić information content (AvgIpc) is 2.07. The lowest BCUT2D eigenvalue weighted by molar-refractivity contribution is 0.397. The first-order valence-corrected chi connectivity index (χ1v) is 3.15. The first-order chi connectivity index (χ1) is 5.36. The van der Waals surface area contributed by atoms with Gasteiger partial charge in [0.05, 0.1) is 7.11 Å². The van der Waals surface area contributed by atoms with Crippen molar-refractivity contribution in [3.8, 4) is 5.88 Å². The number of methoxy groups -OCH3 is 1.